The number of para-hydroxylation sites is 1. The average Bonchev–Trinajstić information content (AvgIpc) is 3.66. The lowest BCUT2D eigenvalue weighted by Gasteiger charge is -2.24. The van der Waals surface area contributed by atoms with Crippen molar-refractivity contribution in [1.82, 2.24) is 14.7 Å². The van der Waals surface area contributed by atoms with Gasteiger partial charge in [-0.1, -0.05) is 48.9 Å². The van der Waals surface area contributed by atoms with Crippen molar-refractivity contribution in [3.63, 3.8) is 0 Å². The number of carbonyl (C=O) groups excluding carboxylic acids is 1. The third-order valence-corrected chi connectivity index (χ3v) is 6.39. The van der Waals surface area contributed by atoms with E-state index < -0.39 is 0 Å². The minimum absolute atomic E-state index is 0.111. The second kappa shape index (κ2) is 9.92. The zero-order chi connectivity index (χ0) is 24.4. The molecular weight excluding hydrogens is 465 g/mol. The summed E-state index contributed by atoms with van der Waals surface area (Å²) in [7, 11) is 0. The van der Waals surface area contributed by atoms with Gasteiger partial charge in [-0.25, -0.2) is 9.07 Å². The van der Waals surface area contributed by atoms with Gasteiger partial charge in [-0.3, -0.25) is 4.79 Å². The molecule has 35 heavy (non-hydrogen) atoms. The number of benzene rings is 3. The topological polar surface area (TPSA) is 47.4 Å². The first-order valence-electron chi connectivity index (χ1n) is 11.7. The summed E-state index contributed by atoms with van der Waals surface area (Å²) < 4.78 is 21.7. The fourth-order valence-corrected chi connectivity index (χ4v) is 4.31. The summed E-state index contributed by atoms with van der Waals surface area (Å²) in [6, 6.07) is 22.8. The molecule has 0 unspecified atom stereocenters. The summed E-state index contributed by atoms with van der Waals surface area (Å²) in [6.45, 7) is 2.35. The van der Waals surface area contributed by atoms with Crippen LogP contribution in [0.15, 0.2) is 78.9 Å². The number of hydrogen-bond donors (Lipinski definition) is 0. The van der Waals surface area contributed by atoms with Gasteiger partial charge < -0.3 is 9.64 Å². The molecule has 1 fully saturated rings. The van der Waals surface area contributed by atoms with E-state index in [2.05, 4.69) is 0 Å². The van der Waals surface area contributed by atoms with E-state index in [0.717, 1.165) is 24.1 Å². The molecule has 7 heteroatoms. The van der Waals surface area contributed by atoms with Gasteiger partial charge in [-0.2, -0.15) is 5.10 Å². The van der Waals surface area contributed by atoms with Gasteiger partial charge in [-0.15, -0.1) is 0 Å². The fraction of sp³-hybridized carbons (Fsp3) is 0.214. The normalized spacial score (nSPS) is 13.0. The fourth-order valence-electron chi connectivity index (χ4n) is 4.10. The van der Waals surface area contributed by atoms with Gasteiger partial charge in [-0.05, 0) is 67.8 Å². The molecule has 1 aliphatic rings. The second-order valence-electron chi connectivity index (χ2n) is 8.53. The maximum Gasteiger partial charge on any atom is 0.255 e. The van der Waals surface area contributed by atoms with E-state index in [9.17, 15) is 9.18 Å². The van der Waals surface area contributed by atoms with E-state index >= 15 is 0 Å². The Morgan fingerprint density at radius 1 is 1.06 bits per heavy atom. The summed E-state index contributed by atoms with van der Waals surface area (Å²) in [5, 5.41) is 5.24. The molecule has 1 aromatic heterocycles. The first kappa shape index (κ1) is 23.1. The zero-order valence-corrected chi connectivity index (χ0v) is 20.1. The van der Waals surface area contributed by atoms with Crippen LogP contribution in [0.3, 0.4) is 0 Å². The second-order valence-corrected chi connectivity index (χ2v) is 8.94. The predicted octanol–water partition coefficient (Wildman–Crippen LogP) is 6.82. The number of nitrogens with zero attached hydrogens (tertiary/aromatic N) is 3. The molecular formula is C28H25ClFN3O2. The molecule has 1 aliphatic carbocycles. The van der Waals surface area contributed by atoms with Gasteiger partial charge >= 0.3 is 0 Å². The molecule has 4 aromatic rings. The van der Waals surface area contributed by atoms with E-state index in [-0.39, 0.29) is 17.8 Å². The summed E-state index contributed by atoms with van der Waals surface area (Å²) in [4.78, 5) is 15.4. The molecule has 178 valence electrons. The first-order chi connectivity index (χ1) is 17.0. The van der Waals surface area contributed by atoms with E-state index in [0.29, 0.717) is 40.9 Å². The van der Waals surface area contributed by atoms with Gasteiger partial charge in [0.15, 0.2) is 0 Å². The van der Waals surface area contributed by atoms with Crippen LogP contribution in [-0.4, -0.2) is 26.6 Å². The number of hydrogen-bond acceptors (Lipinski definition) is 3. The van der Waals surface area contributed by atoms with Gasteiger partial charge in [0, 0.05) is 6.04 Å². The van der Waals surface area contributed by atoms with Crippen LogP contribution in [-0.2, 0) is 13.0 Å². The lowest BCUT2D eigenvalue weighted by molar-refractivity contribution is 0.0729. The Labute approximate surface area is 208 Å². The standard InChI is InChI=1S/C28H25ClFN3O2/c1-2-26-24(18-32(20-16-17-20)27(34)23-10-6-7-11-25(23)29)28(35-22-8-4-3-5-9-22)33(31-26)21-14-12-19(30)13-15-21/h3-15,20H,2,16-18H2,1H3. The summed E-state index contributed by atoms with van der Waals surface area (Å²) in [5.74, 6) is 0.722. The Morgan fingerprint density at radius 3 is 2.40 bits per heavy atom. The van der Waals surface area contributed by atoms with Crippen LogP contribution in [0.5, 0.6) is 11.6 Å². The van der Waals surface area contributed by atoms with Crippen molar-refractivity contribution < 1.29 is 13.9 Å². The number of aryl methyl sites for hydroxylation is 1. The molecule has 3 aromatic carbocycles. The Kier molecular flexibility index (Phi) is 6.55. The summed E-state index contributed by atoms with van der Waals surface area (Å²) >= 11 is 6.37. The van der Waals surface area contributed by atoms with Crippen molar-refractivity contribution in [2.24, 2.45) is 0 Å². The molecule has 0 atom stereocenters. The number of amides is 1. The van der Waals surface area contributed by atoms with Crippen molar-refractivity contribution >= 4 is 17.5 Å². The average molecular weight is 490 g/mol. The molecule has 1 saturated carbocycles. The Morgan fingerprint density at radius 2 is 1.74 bits per heavy atom. The number of aromatic nitrogens is 2. The van der Waals surface area contributed by atoms with Crippen LogP contribution in [0.2, 0.25) is 5.02 Å². The van der Waals surface area contributed by atoms with Gasteiger partial charge in [0.05, 0.1) is 34.1 Å². The van der Waals surface area contributed by atoms with Crippen molar-refractivity contribution in [1.29, 1.82) is 0 Å². The van der Waals surface area contributed by atoms with Gasteiger partial charge in [0.1, 0.15) is 11.6 Å². The largest absolute Gasteiger partial charge is 0.439 e. The number of ether oxygens (including phenoxy) is 1. The minimum atomic E-state index is -0.326. The lowest BCUT2D eigenvalue weighted by Crippen LogP contribution is -2.33. The summed E-state index contributed by atoms with van der Waals surface area (Å²) in [6.07, 6.45) is 2.53. The molecule has 0 saturated heterocycles. The zero-order valence-electron chi connectivity index (χ0n) is 19.3. The Balaban J connectivity index is 1.59. The number of carbonyl (C=O) groups is 1. The van der Waals surface area contributed by atoms with Crippen LogP contribution in [0.4, 0.5) is 4.39 Å². The van der Waals surface area contributed by atoms with E-state index in [4.69, 9.17) is 21.4 Å². The molecule has 1 heterocycles. The van der Waals surface area contributed by atoms with Crippen molar-refractivity contribution in [3.05, 3.63) is 107 Å². The van der Waals surface area contributed by atoms with Crippen LogP contribution < -0.4 is 4.74 Å². The highest BCUT2D eigenvalue weighted by atomic mass is 35.5. The molecule has 0 radical (unpaired) electrons. The third kappa shape index (κ3) is 4.93. The molecule has 0 bridgehead atoms. The van der Waals surface area contributed by atoms with E-state index in [1.54, 1.807) is 28.9 Å². The number of halogens is 2. The van der Waals surface area contributed by atoms with Crippen LogP contribution in [0.1, 0.15) is 41.4 Å². The summed E-state index contributed by atoms with van der Waals surface area (Å²) in [5.41, 5.74) is 2.80. The molecule has 0 spiro atoms. The van der Waals surface area contributed by atoms with Crippen LogP contribution in [0.25, 0.3) is 5.69 Å². The molecule has 1 amide bonds. The minimum Gasteiger partial charge on any atom is -0.439 e. The monoisotopic (exact) mass is 489 g/mol. The van der Waals surface area contributed by atoms with Crippen LogP contribution >= 0.6 is 11.6 Å². The smallest absolute Gasteiger partial charge is 0.255 e. The van der Waals surface area contributed by atoms with E-state index in [1.165, 1.54) is 12.1 Å². The van der Waals surface area contributed by atoms with Crippen molar-refractivity contribution in [3.8, 4) is 17.3 Å². The highest BCUT2D eigenvalue weighted by Gasteiger charge is 2.36. The SMILES string of the molecule is CCc1nn(-c2ccc(F)cc2)c(Oc2ccccc2)c1CN(C(=O)c1ccccc1Cl)C1CC1. The molecule has 0 aliphatic heterocycles. The van der Waals surface area contributed by atoms with Crippen molar-refractivity contribution in [2.45, 2.75) is 38.8 Å². The van der Waals surface area contributed by atoms with Gasteiger partial charge in [0.25, 0.3) is 5.91 Å². The third-order valence-electron chi connectivity index (χ3n) is 6.06. The Bertz CT molecular complexity index is 1330. The highest BCUT2D eigenvalue weighted by molar-refractivity contribution is 6.33. The molecule has 5 rings (SSSR count). The van der Waals surface area contributed by atoms with Crippen LogP contribution in [0, 0.1) is 5.82 Å². The quantitative estimate of drug-likeness (QED) is 0.272. The first-order valence-corrected chi connectivity index (χ1v) is 12.1. The van der Waals surface area contributed by atoms with Gasteiger partial charge in [0.2, 0.25) is 5.88 Å². The predicted molar refractivity (Wildman–Crippen MR) is 134 cm³/mol. The van der Waals surface area contributed by atoms with E-state index in [1.807, 2.05) is 54.3 Å². The maximum atomic E-state index is 13.6. The lowest BCUT2D eigenvalue weighted by atomic mass is 10.1. The van der Waals surface area contributed by atoms with Crippen molar-refractivity contribution in [2.75, 3.05) is 0 Å². The maximum absolute atomic E-state index is 13.6. The Hall–Kier alpha value is -3.64. The molecule has 0 N–H and O–H groups in total. The number of rotatable bonds is 8. The highest BCUT2D eigenvalue weighted by Crippen LogP contribution is 2.36. The molecule has 5 nitrogen and oxygen atoms in total.